The lowest BCUT2D eigenvalue weighted by atomic mass is 10.1. The third-order valence-corrected chi connectivity index (χ3v) is 2.63. The Kier molecular flexibility index (Phi) is 3.93. The van der Waals surface area contributed by atoms with Crippen LogP contribution >= 0.6 is 0 Å². The molecule has 1 saturated heterocycles. The van der Waals surface area contributed by atoms with Crippen LogP contribution in [0.25, 0.3) is 0 Å². The second-order valence-electron chi connectivity index (χ2n) is 3.97. The molecule has 1 aliphatic heterocycles. The Bertz CT molecular complexity index is 388. The molecule has 0 radical (unpaired) electrons. The molecule has 1 aromatic heterocycles. The molecule has 0 spiro atoms. The topological polar surface area (TPSA) is 68.7 Å². The quantitative estimate of drug-likeness (QED) is 0.863. The van der Waals surface area contributed by atoms with Gasteiger partial charge in [0.25, 0.3) is 0 Å². The van der Waals surface area contributed by atoms with Crippen molar-refractivity contribution in [3.8, 4) is 5.88 Å². The summed E-state index contributed by atoms with van der Waals surface area (Å²) in [5.41, 5.74) is -0.00735. The minimum Gasteiger partial charge on any atom is -0.477 e. The Balaban J connectivity index is 1.89. The molecule has 1 atom stereocenters. The van der Waals surface area contributed by atoms with E-state index in [4.69, 9.17) is 14.6 Å². The van der Waals surface area contributed by atoms with Crippen molar-refractivity contribution in [1.29, 1.82) is 0 Å². The van der Waals surface area contributed by atoms with E-state index in [0.29, 0.717) is 12.5 Å². The molecule has 1 aliphatic rings. The van der Waals surface area contributed by atoms with E-state index in [0.717, 1.165) is 25.9 Å². The summed E-state index contributed by atoms with van der Waals surface area (Å²) >= 11 is 0. The molecule has 1 fully saturated rings. The maximum atomic E-state index is 10.7. The number of ether oxygens (including phenoxy) is 2. The number of carbonyl (C=O) groups is 1. The van der Waals surface area contributed by atoms with Crippen LogP contribution in [0.1, 0.15) is 29.8 Å². The van der Waals surface area contributed by atoms with Crippen molar-refractivity contribution in [2.24, 2.45) is 0 Å². The number of rotatable bonds is 4. The predicted molar refractivity (Wildman–Crippen MR) is 60.3 cm³/mol. The number of hydrogen-bond donors (Lipinski definition) is 1. The SMILES string of the molecule is O=C(O)c1cccc(OC[C@H]2CCCCO2)n1. The van der Waals surface area contributed by atoms with Gasteiger partial charge in [-0.25, -0.2) is 9.78 Å². The van der Waals surface area contributed by atoms with E-state index in [1.54, 1.807) is 12.1 Å². The Morgan fingerprint density at radius 3 is 3.12 bits per heavy atom. The zero-order valence-corrected chi connectivity index (χ0v) is 9.46. The van der Waals surface area contributed by atoms with Crippen LogP contribution in [-0.4, -0.2) is 35.4 Å². The van der Waals surface area contributed by atoms with Crippen molar-refractivity contribution in [2.75, 3.05) is 13.2 Å². The Morgan fingerprint density at radius 2 is 2.41 bits per heavy atom. The number of aromatic nitrogens is 1. The van der Waals surface area contributed by atoms with E-state index in [1.807, 2.05) is 0 Å². The molecule has 0 amide bonds. The fourth-order valence-corrected chi connectivity index (χ4v) is 1.73. The van der Waals surface area contributed by atoms with E-state index in [2.05, 4.69) is 4.98 Å². The fraction of sp³-hybridized carbons (Fsp3) is 0.500. The fourth-order valence-electron chi connectivity index (χ4n) is 1.73. The van der Waals surface area contributed by atoms with Gasteiger partial charge in [-0.2, -0.15) is 0 Å². The average molecular weight is 237 g/mol. The Hall–Kier alpha value is -1.62. The summed E-state index contributed by atoms with van der Waals surface area (Å²) in [6, 6.07) is 4.70. The van der Waals surface area contributed by atoms with Gasteiger partial charge < -0.3 is 14.6 Å². The second-order valence-corrected chi connectivity index (χ2v) is 3.97. The van der Waals surface area contributed by atoms with Gasteiger partial charge >= 0.3 is 5.97 Å². The summed E-state index contributed by atoms with van der Waals surface area (Å²) in [7, 11) is 0. The van der Waals surface area contributed by atoms with Crippen molar-refractivity contribution < 1.29 is 19.4 Å². The normalized spacial score (nSPS) is 19.9. The van der Waals surface area contributed by atoms with Crippen molar-refractivity contribution in [3.05, 3.63) is 23.9 Å². The summed E-state index contributed by atoms with van der Waals surface area (Å²) in [4.78, 5) is 14.6. The minimum absolute atomic E-state index is 0.00735. The number of carboxylic acid groups (broad SMARTS) is 1. The van der Waals surface area contributed by atoms with Crippen LogP contribution in [0.2, 0.25) is 0 Å². The summed E-state index contributed by atoms with van der Waals surface area (Å²) in [6.45, 7) is 1.20. The molecule has 5 heteroatoms. The monoisotopic (exact) mass is 237 g/mol. The third-order valence-electron chi connectivity index (χ3n) is 2.63. The first-order valence-electron chi connectivity index (χ1n) is 5.70. The standard InChI is InChI=1S/C12H15NO4/c14-12(15)10-5-3-6-11(13-10)17-8-9-4-1-2-7-16-9/h3,5-6,9H,1-2,4,7-8H2,(H,14,15)/t9-/m1/s1. The molecule has 1 N–H and O–H groups in total. The molecule has 0 saturated carbocycles. The zero-order valence-electron chi connectivity index (χ0n) is 9.46. The highest BCUT2D eigenvalue weighted by atomic mass is 16.5. The first-order valence-corrected chi connectivity index (χ1v) is 5.70. The van der Waals surface area contributed by atoms with Gasteiger partial charge in [0.2, 0.25) is 5.88 Å². The number of carboxylic acids is 1. The lowest BCUT2D eigenvalue weighted by Crippen LogP contribution is -2.26. The largest absolute Gasteiger partial charge is 0.477 e. The lowest BCUT2D eigenvalue weighted by Gasteiger charge is -2.22. The maximum absolute atomic E-state index is 10.7. The lowest BCUT2D eigenvalue weighted by molar-refractivity contribution is -0.0119. The van der Waals surface area contributed by atoms with Gasteiger partial charge in [-0.1, -0.05) is 6.07 Å². The number of hydrogen-bond acceptors (Lipinski definition) is 4. The summed E-state index contributed by atoms with van der Waals surface area (Å²) < 4.78 is 10.9. The smallest absolute Gasteiger partial charge is 0.354 e. The van der Waals surface area contributed by atoms with Crippen LogP contribution in [0.15, 0.2) is 18.2 Å². The highest BCUT2D eigenvalue weighted by molar-refractivity contribution is 5.85. The molecule has 0 aliphatic carbocycles. The van der Waals surface area contributed by atoms with Crippen LogP contribution in [0, 0.1) is 0 Å². The summed E-state index contributed by atoms with van der Waals surface area (Å²) in [5, 5.41) is 8.78. The average Bonchev–Trinajstić information content (AvgIpc) is 2.38. The molecular formula is C12H15NO4. The van der Waals surface area contributed by atoms with Gasteiger partial charge in [-0.15, -0.1) is 0 Å². The van der Waals surface area contributed by atoms with E-state index in [9.17, 15) is 4.79 Å². The van der Waals surface area contributed by atoms with Crippen molar-refractivity contribution in [1.82, 2.24) is 4.98 Å². The molecule has 5 nitrogen and oxygen atoms in total. The first-order chi connectivity index (χ1) is 8.25. The van der Waals surface area contributed by atoms with Gasteiger partial charge in [-0.3, -0.25) is 0 Å². The second kappa shape index (κ2) is 5.63. The van der Waals surface area contributed by atoms with Crippen LogP contribution in [0.4, 0.5) is 0 Å². The molecule has 2 rings (SSSR count). The van der Waals surface area contributed by atoms with E-state index in [-0.39, 0.29) is 11.8 Å². The molecule has 17 heavy (non-hydrogen) atoms. The predicted octanol–water partition coefficient (Wildman–Crippen LogP) is 1.73. The molecular weight excluding hydrogens is 222 g/mol. The highest BCUT2D eigenvalue weighted by Gasteiger charge is 2.15. The van der Waals surface area contributed by atoms with Crippen molar-refractivity contribution in [2.45, 2.75) is 25.4 Å². The van der Waals surface area contributed by atoms with Gasteiger partial charge in [-0.05, 0) is 25.3 Å². The molecule has 0 aromatic carbocycles. The molecule has 92 valence electrons. The molecule has 0 unspecified atom stereocenters. The summed E-state index contributed by atoms with van der Waals surface area (Å²) in [5.74, 6) is -0.719. The number of nitrogens with zero attached hydrogens (tertiary/aromatic N) is 1. The highest BCUT2D eigenvalue weighted by Crippen LogP contribution is 2.14. The molecule has 2 heterocycles. The maximum Gasteiger partial charge on any atom is 0.354 e. The van der Waals surface area contributed by atoms with E-state index in [1.165, 1.54) is 6.07 Å². The molecule has 0 bridgehead atoms. The van der Waals surface area contributed by atoms with E-state index >= 15 is 0 Å². The Labute approximate surface area is 99.4 Å². The van der Waals surface area contributed by atoms with Gasteiger partial charge in [0.1, 0.15) is 6.61 Å². The van der Waals surface area contributed by atoms with Crippen molar-refractivity contribution in [3.63, 3.8) is 0 Å². The minimum atomic E-state index is -1.05. The van der Waals surface area contributed by atoms with Gasteiger partial charge in [0.05, 0.1) is 6.10 Å². The van der Waals surface area contributed by atoms with Gasteiger partial charge in [0, 0.05) is 12.7 Å². The number of pyridine rings is 1. The van der Waals surface area contributed by atoms with Crippen LogP contribution in [0.3, 0.4) is 0 Å². The van der Waals surface area contributed by atoms with Gasteiger partial charge in [0.15, 0.2) is 5.69 Å². The Morgan fingerprint density at radius 1 is 1.53 bits per heavy atom. The molecule has 1 aromatic rings. The van der Waals surface area contributed by atoms with E-state index < -0.39 is 5.97 Å². The van der Waals surface area contributed by atoms with Crippen LogP contribution in [0.5, 0.6) is 5.88 Å². The number of aromatic carboxylic acids is 1. The van der Waals surface area contributed by atoms with Crippen LogP contribution < -0.4 is 4.74 Å². The van der Waals surface area contributed by atoms with Crippen LogP contribution in [-0.2, 0) is 4.74 Å². The van der Waals surface area contributed by atoms with Crippen molar-refractivity contribution >= 4 is 5.97 Å². The summed E-state index contributed by atoms with van der Waals surface area (Å²) in [6.07, 6.45) is 3.33. The first kappa shape index (κ1) is 11.9. The zero-order chi connectivity index (χ0) is 12.1. The third kappa shape index (κ3) is 3.42.